The van der Waals surface area contributed by atoms with Gasteiger partial charge < -0.3 is 4.74 Å². The summed E-state index contributed by atoms with van der Waals surface area (Å²) >= 11 is 5.78. The van der Waals surface area contributed by atoms with E-state index in [-0.39, 0.29) is 30.3 Å². The van der Waals surface area contributed by atoms with E-state index in [1.807, 2.05) is 18.2 Å². The van der Waals surface area contributed by atoms with Crippen LogP contribution in [0.1, 0.15) is 6.42 Å². The van der Waals surface area contributed by atoms with Crippen LogP contribution in [-0.2, 0) is 19.9 Å². The van der Waals surface area contributed by atoms with Crippen LogP contribution in [-0.4, -0.2) is 51.8 Å². The van der Waals surface area contributed by atoms with Crippen molar-refractivity contribution < 1.29 is 21.6 Å². The highest BCUT2D eigenvalue weighted by Gasteiger charge is 2.43. The first-order valence-electron chi connectivity index (χ1n) is 8.44. The third kappa shape index (κ3) is 4.82. The molecule has 0 N–H and O–H groups in total. The Morgan fingerprint density at radius 1 is 0.963 bits per heavy atom. The van der Waals surface area contributed by atoms with E-state index >= 15 is 0 Å². The van der Waals surface area contributed by atoms with Gasteiger partial charge in [-0.1, -0.05) is 29.8 Å². The Labute approximate surface area is 164 Å². The molecular weight excluding hydrogens is 410 g/mol. The second-order valence-electron chi connectivity index (χ2n) is 6.27. The van der Waals surface area contributed by atoms with E-state index in [0.717, 1.165) is 0 Å². The summed E-state index contributed by atoms with van der Waals surface area (Å²) in [4.78, 5) is 0.158. The fraction of sp³-hybridized carbons (Fsp3) is 0.333. The van der Waals surface area contributed by atoms with E-state index in [1.165, 1.54) is 28.6 Å². The number of halogens is 1. The maximum Gasteiger partial charge on any atom is 0.214 e. The van der Waals surface area contributed by atoms with Crippen LogP contribution >= 0.6 is 11.6 Å². The fourth-order valence-electron chi connectivity index (χ4n) is 2.72. The number of hydrogen-bond donors (Lipinski definition) is 0. The number of rotatable bonds is 8. The molecule has 1 aliphatic heterocycles. The van der Waals surface area contributed by atoms with Crippen LogP contribution in [0.4, 0.5) is 0 Å². The van der Waals surface area contributed by atoms with Gasteiger partial charge in [0.2, 0.25) is 10.0 Å². The molecule has 0 atom stereocenters. The highest BCUT2D eigenvalue weighted by Crippen LogP contribution is 2.27. The van der Waals surface area contributed by atoms with Crippen LogP contribution in [0, 0.1) is 0 Å². The number of hydrogen-bond acceptors (Lipinski definition) is 5. The van der Waals surface area contributed by atoms with Gasteiger partial charge in [0, 0.05) is 18.1 Å². The molecule has 146 valence electrons. The molecule has 2 aromatic carbocycles. The quantitative estimate of drug-likeness (QED) is 0.602. The van der Waals surface area contributed by atoms with Crippen molar-refractivity contribution >= 4 is 31.5 Å². The highest BCUT2D eigenvalue weighted by molar-refractivity contribution is 7.92. The summed E-state index contributed by atoms with van der Waals surface area (Å²) in [6, 6.07) is 15.1. The molecule has 9 heteroatoms. The Bertz CT molecular complexity index is 970. The smallest absolute Gasteiger partial charge is 0.214 e. The molecule has 6 nitrogen and oxygen atoms in total. The number of sulfone groups is 1. The summed E-state index contributed by atoms with van der Waals surface area (Å²) < 4.78 is 56.4. The van der Waals surface area contributed by atoms with Gasteiger partial charge in [0.1, 0.15) is 5.75 Å². The minimum absolute atomic E-state index is 0.0210. The van der Waals surface area contributed by atoms with Crippen LogP contribution in [0.5, 0.6) is 5.75 Å². The first-order valence-corrected chi connectivity index (χ1v) is 12.0. The molecule has 0 bridgehead atoms. The summed E-state index contributed by atoms with van der Waals surface area (Å²) in [6.07, 6.45) is 0.336. The molecular formula is C18H20ClNO5S2. The zero-order valence-electron chi connectivity index (χ0n) is 14.5. The third-order valence-corrected chi connectivity index (χ3v) is 8.59. The molecule has 0 radical (unpaired) electrons. The first kappa shape index (κ1) is 20.1. The number of ether oxygens (including phenoxy) is 1. The Kier molecular flexibility index (Phi) is 6.10. The van der Waals surface area contributed by atoms with Crippen molar-refractivity contribution in [2.24, 2.45) is 0 Å². The monoisotopic (exact) mass is 429 g/mol. The summed E-state index contributed by atoms with van der Waals surface area (Å²) in [5.41, 5.74) is 0. The van der Waals surface area contributed by atoms with Crippen LogP contribution < -0.4 is 4.74 Å². The van der Waals surface area contributed by atoms with Crippen LogP contribution in [0.3, 0.4) is 0 Å². The maximum absolute atomic E-state index is 12.5. The van der Waals surface area contributed by atoms with Crippen LogP contribution in [0.2, 0.25) is 5.02 Å². The molecule has 1 fully saturated rings. The molecule has 0 aromatic heterocycles. The lowest BCUT2D eigenvalue weighted by molar-refractivity contribution is 0.299. The second-order valence-corrected chi connectivity index (χ2v) is 11.0. The van der Waals surface area contributed by atoms with Gasteiger partial charge in [0.25, 0.3) is 0 Å². The summed E-state index contributed by atoms with van der Waals surface area (Å²) in [5.74, 6) is 0.612. The minimum Gasteiger partial charge on any atom is -0.494 e. The first-order chi connectivity index (χ1) is 12.8. The number of benzene rings is 2. The van der Waals surface area contributed by atoms with E-state index in [4.69, 9.17) is 16.3 Å². The highest BCUT2D eigenvalue weighted by atomic mass is 35.5. The largest absolute Gasteiger partial charge is 0.494 e. The van der Waals surface area contributed by atoms with Gasteiger partial charge in [-0.25, -0.2) is 16.8 Å². The molecule has 1 heterocycles. The average Bonchev–Trinajstić information content (AvgIpc) is 2.58. The second kappa shape index (κ2) is 8.18. The lowest BCUT2D eigenvalue weighted by Gasteiger charge is -2.37. The summed E-state index contributed by atoms with van der Waals surface area (Å²) in [7, 11) is -7.06. The van der Waals surface area contributed by atoms with Crippen molar-refractivity contribution in [3.63, 3.8) is 0 Å². The lowest BCUT2D eigenvalue weighted by atomic mass is 10.3. The number of sulfonamides is 1. The van der Waals surface area contributed by atoms with Crippen LogP contribution in [0.15, 0.2) is 59.5 Å². The molecule has 0 saturated carbocycles. The van der Waals surface area contributed by atoms with Crippen molar-refractivity contribution in [2.45, 2.75) is 16.6 Å². The minimum atomic E-state index is -3.56. The van der Waals surface area contributed by atoms with Crippen molar-refractivity contribution in [2.75, 3.05) is 25.4 Å². The van der Waals surface area contributed by atoms with Gasteiger partial charge in [0.15, 0.2) is 9.84 Å². The fourth-order valence-corrected chi connectivity index (χ4v) is 6.24. The van der Waals surface area contributed by atoms with Crippen molar-refractivity contribution in [1.29, 1.82) is 0 Å². The molecule has 3 rings (SSSR count). The van der Waals surface area contributed by atoms with Gasteiger partial charge in [-0.2, -0.15) is 4.31 Å². The Hall–Kier alpha value is -1.61. The van der Waals surface area contributed by atoms with E-state index in [0.29, 0.717) is 17.2 Å². The van der Waals surface area contributed by atoms with E-state index < -0.39 is 25.1 Å². The van der Waals surface area contributed by atoms with Crippen LogP contribution in [0.25, 0.3) is 0 Å². The van der Waals surface area contributed by atoms with Gasteiger partial charge in [0.05, 0.1) is 22.5 Å². The number of para-hydroxylation sites is 1. The molecule has 0 aliphatic carbocycles. The standard InChI is InChI=1S/C18H20ClNO5S2/c19-15-7-9-17(10-8-15)27(23,24)18-13-20(14-18)26(21,22)12-4-11-25-16-5-2-1-3-6-16/h1-3,5-10,18H,4,11-14H2. The molecule has 2 aromatic rings. The Morgan fingerprint density at radius 2 is 1.59 bits per heavy atom. The van der Waals surface area contributed by atoms with Crippen molar-refractivity contribution in [3.8, 4) is 5.75 Å². The van der Waals surface area contributed by atoms with E-state index in [9.17, 15) is 16.8 Å². The maximum atomic E-state index is 12.5. The molecule has 0 spiro atoms. The normalized spacial score (nSPS) is 16.0. The van der Waals surface area contributed by atoms with Gasteiger partial charge >= 0.3 is 0 Å². The predicted octanol–water partition coefficient (Wildman–Crippen LogP) is 2.60. The summed E-state index contributed by atoms with van der Waals surface area (Å²) in [6.45, 7) is 0.239. The average molecular weight is 430 g/mol. The van der Waals surface area contributed by atoms with Crippen molar-refractivity contribution in [3.05, 3.63) is 59.6 Å². The molecule has 27 heavy (non-hydrogen) atoms. The predicted molar refractivity (Wildman–Crippen MR) is 104 cm³/mol. The molecule has 0 amide bonds. The number of nitrogens with zero attached hydrogens (tertiary/aromatic N) is 1. The zero-order chi connectivity index (χ0) is 19.5. The van der Waals surface area contributed by atoms with Gasteiger partial charge in [-0.05, 0) is 42.8 Å². The van der Waals surface area contributed by atoms with E-state index in [1.54, 1.807) is 12.1 Å². The Balaban J connectivity index is 1.49. The SMILES string of the molecule is O=S(=O)(c1ccc(Cl)cc1)C1CN(S(=O)(=O)CCCOc2ccccc2)C1. The third-order valence-electron chi connectivity index (χ3n) is 4.35. The van der Waals surface area contributed by atoms with Gasteiger partial charge in [-0.3, -0.25) is 0 Å². The molecule has 1 saturated heterocycles. The molecule has 1 aliphatic rings. The Morgan fingerprint density at radius 3 is 2.22 bits per heavy atom. The topological polar surface area (TPSA) is 80.8 Å². The van der Waals surface area contributed by atoms with Gasteiger partial charge in [-0.15, -0.1) is 0 Å². The lowest BCUT2D eigenvalue weighted by Crippen LogP contribution is -2.57. The zero-order valence-corrected chi connectivity index (χ0v) is 16.9. The van der Waals surface area contributed by atoms with Crippen molar-refractivity contribution in [1.82, 2.24) is 4.31 Å². The summed E-state index contributed by atoms with van der Waals surface area (Å²) in [5, 5.41) is -0.279. The van der Waals surface area contributed by atoms with E-state index in [2.05, 4.69) is 0 Å². The molecule has 0 unspecified atom stereocenters.